The molecule has 1 aromatic carbocycles. The maximum Gasteiger partial charge on any atom is 0.416 e. The number of alkyl halides is 3. The second-order valence-electron chi connectivity index (χ2n) is 6.77. The first-order chi connectivity index (χ1) is 10.7. The molecule has 1 saturated heterocycles. The number of rotatable bonds is 3. The van der Waals surface area contributed by atoms with Crippen molar-refractivity contribution in [3.8, 4) is 0 Å². The van der Waals surface area contributed by atoms with E-state index in [1.54, 1.807) is 0 Å². The molecule has 23 heavy (non-hydrogen) atoms. The molecule has 0 radical (unpaired) electrons. The fourth-order valence-electron chi connectivity index (χ4n) is 3.55. The van der Waals surface area contributed by atoms with Crippen LogP contribution in [-0.2, 0) is 17.4 Å². The molecule has 2 atom stereocenters. The molecule has 1 N–H and O–H groups in total. The van der Waals surface area contributed by atoms with Gasteiger partial charge in [0.05, 0.1) is 17.6 Å². The Kier molecular flexibility index (Phi) is 3.91. The maximum atomic E-state index is 13.0. The molecule has 2 unspecified atom stereocenters. The minimum atomic E-state index is -4.47. The molecule has 6 heteroatoms. The van der Waals surface area contributed by atoms with Gasteiger partial charge in [0.1, 0.15) is 0 Å². The lowest BCUT2D eigenvalue weighted by atomic mass is 9.88. The maximum absolute atomic E-state index is 13.0. The number of carbonyl (C=O) groups excluding carboxylic acids is 1. The van der Waals surface area contributed by atoms with E-state index in [9.17, 15) is 23.1 Å². The highest BCUT2D eigenvalue weighted by molar-refractivity contribution is 5.79. The summed E-state index contributed by atoms with van der Waals surface area (Å²) < 4.78 is 39.0. The van der Waals surface area contributed by atoms with E-state index in [4.69, 9.17) is 0 Å². The number of hydrogen-bond acceptors (Lipinski definition) is 2. The van der Waals surface area contributed by atoms with E-state index in [2.05, 4.69) is 0 Å². The van der Waals surface area contributed by atoms with Crippen LogP contribution in [0.4, 0.5) is 13.2 Å². The highest BCUT2D eigenvalue weighted by Gasteiger charge is 2.53. The number of hydrogen-bond donors (Lipinski definition) is 1. The zero-order valence-electron chi connectivity index (χ0n) is 12.9. The number of likely N-dealkylation sites (tertiary alicyclic amines) is 1. The second kappa shape index (κ2) is 5.51. The van der Waals surface area contributed by atoms with Crippen molar-refractivity contribution in [1.82, 2.24) is 4.90 Å². The molecule has 0 aromatic heterocycles. The van der Waals surface area contributed by atoms with Crippen molar-refractivity contribution in [3.63, 3.8) is 0 Å². The minimum absolute atomic E-state index is 0.0143. The molecule has 1 aliphatic carbocycles. The highest BCUT2D eigenvalue weighted by atomic mass is 19.4. The van der Waals surface area contributed by atoms with Crippen LogP contribution in [0.5, 0.6) is 0 Å². The summed E-state index contributed by atoms with van der Waals surface area (Å²) in [4.78, 5) is 13.9. The summed E-state index contributed by atoms with van der Waals surface area (Å²) in [5.74, 6) is -0.181. The van der Waals surface area contributed by atoms with Crippen molar-refractivity contribution in [2.75, 3.05) is 13.1 Å². The summed E-state index contributed by atoms with van der Waals surface area (Å²) in [7, 11) is 0. The van der Waals surface area contributed by atoms with Crippen LogP contribution < -0.4 is 0 Å². The molecule has 1 heterocycles. The average Bonchev–Trinajstić information content (AvgIpc) is 3.26. The standard InChI is InChI=1S/C17H20F3NO2/c1-11-9-21(10-16(11,23)13-6-7-13)15(22)8-12-4-2-3-5-14(12)17(18,19)20/h2-5,11,13,23H,6-10H2,1H3. The Morgan fingerprint density at radius 3 is 2.61 bits per heavy atom. The monoisotopic (exact) mass is 327 g/mol. The van der Waals surface area contributed by atoms with Crippen LogP contribution in [0.2, 0.25) is 0 Å². The van der Waals surface area contributed by atoms with Crippen molar-refractivity contribution in [2.45, 2.75) is 38.0 Å². The van der Waals surface area contributed by atoms with E-state index in [0.29, 0.717) is 6.54 Å². The first kappa shape index (κ1) is 16.3. The summed E-state index contributed by atoms with van der Waals surface area (Å²) in [5.41, 5.74) is -1.66. The van der Waals surface area contributed by atoms with Crippen LogP contribution in [0, 0.1) is 11.8 Å². The van der Waals surface area contributed by atoms with Crippen LogP contribution in [0.3, 0.4) is 0 Å². The largest absolute Gasteiger partial charge is 0.416 e. The number of benzene rings is 1. The number of halogens is 3. The van der Waals surface area contributed by atoms with Crippen LogP contribution in [0.15, 0.2) is 24.3 Å². The van der Waals surface area contributed by atoms with Gasteiger partial charge >= 0.3 is 6.18 Å². The second-order valence-corrected chi connectivity index (χ2v) is 6.77. The third kappa shape index (κ3) is 3.09. The zero-order valence-corrected chi connectivity index (χ0v) is 12.9. The molecule has 126 valence electrons. The van der Waals surface area contributed by atoms with Crippen molar-refractivity contribution < 1.29 is 23.1 Å². The summed E-state index contributed by atoms with van der Waals surface area (Å²) in [6.45, 7) is 2.53. The lowest BCUT2D eigenvalue weighted by Gasteiger charge is -2.26. The Hall–Kier alpha value is -1.56. The van der Waals surface area contributed by atoms with Gasteiger partial charge in [0, 0.05) is 19.0 Å². The van der Waals surface area contributed by atoms with Gasteiger partial charge in [-0.15, -0.1) is 0 Å². The number of aliphatic hydroxyl groups is 1. The van der Waals surface area contributed by atoms with Gasteiger partial charge in [-0.25, -0.2) is 0 Å². The number of β-amino-alcohol motifs (C(OH)–C–C–N with tert-alkyl or cyclic N) is 1. The molecule has 0 bridgehead atoms. The van der Waals surface area contributed by atoms with Crippen LogP contribution >= 0.6 is 0 Å². The van der Waals surface area contributed by atoms with Crippen molar-refractivity contribution in [3.05, 3.63) is 35.4 Å². The molecule has 3 nitrogen and oxygen atoms in total. The third-order valence-corrected chi connectivity index (χ3v) is 5.09. The SMILES string of the molecule is CC1CN(C(=O)Cc2ccccc2C(F)(F)F)CC1(O)C1CC1. The van der Waals surface area contributed by atoms with E-state index in [-0.39, 0.29) is 36.3 Å². The van der Waals surface area contributed by atoms with Gasteiger partial charge < -0.3 is 10.0 Å². The van der Waals surface area contributed by atoms with Crippen molar-refractivity contribution in [2.24, 2.45) is 11.8 Å². The predicted octanol–water partition coefficient (Wildman–Crippen LogP) is 2.87. The Morgan fingerprint density at radius 2 is 2.00 bits per heavy atom. The minimum Gasteiger partial charge on any atom is -0.387 e. The normalized spacial score (nSPS) is 28.2. The van der Waals surface area contributed by atoms with E-state index in [1.807, 2.05) is 6.92 Å². The smallest absolute Gasteiger partial charge is 0.387 e. The number of carbonyl (C=O) groups is 1. The Labute approximate surface area is 133 Å². The summed E-state index contributed by atoms with van der Waals surface area (Å²) in [6.07, 6.45) is -2.84. The number of amides is 1. The fourth-order valence-corrected chi connectivity index (χ4v) is 3.55. The summed E-state index contributed by atoms with van der Waals surface area (Å²) >= 11 is 0. The van der Waals surface area contributed by atoms with Gasteiger partial charge in [0.15, 0.2) is 0 Å². The first-order valence-corrected chi connectivity index (χ1v) is 7.87. The topological polar surface area (TPSA) is 40.5 Å². The van der Waals surface area contributed by atoms with Gasteiger partial charge in [-0.2, -0.15) is 13.2 Å². The third-order valence-electron chi connectivity index (χ3n) is 5.09. The Bertz CT molecular complexity index is 612. The Balaban J connectivity index is 1.74. The summed E-state index contributed by atoms with van der Waals surface area (Å²) in [5, 5.41) is 10.7. The Morgan fingerprint density at radius 1 is 1.35 bits per heavy atom. The van der Waals surface area contributed by atoms with E-state index in [1.165, 1.54) is 23.1 Å². The summed E-state index contributed by atoms with van der Waals surface area (Å²) in [6, 6.07) is 5.16. The quantitative estimate of drug-likeness (QED) is 0.927. The van der Waals surface area contributed by atoms with Gasteiger partial charge in [-0.3, -0.25) is 4.79 Å². The van der Waals surface area contributed by atoms with Gasteiger partial charge in [-0.1, -0.05) is 25.1 Å². The molecule has 1 amide bonds. The van der Waals surface area contributed by atoms with E-state index >= 15 is 0 Å². The average molecular weight is 327 g/mol. The molecule has 1 aromatic rings. The lowest BCUT2D eigenvalue weighted by Crippen LogP contribution is -2.40. The molecule has 1 aliphatic heterocycles. The molecule has 0 spiro atoms. The lowest BCUT2D eigenvalue weighted by molar-refractivity contribution is -0.138. The zero-order chi connectivity index (χ0) is 16.8. The van der Waals surface area contributed by atoms with Crippen molar-refractivity contribution in [1.29, 1.82) is 0 Å². The molecular formula is C17H20F3NO2. The highest BCUT2D eigenvalue weighted by Crippen LogP contribution is 2.47. The molecular weight excluding hydrogens is 307 g/mol. The first-order valence-electron chi connectivity index (χ1n) is 7.87. The predicted molar refractivity (Wildman–Crippen MR) is 78.6 cm³/mol. The molecule has 3 rings (SSSR count). The molecule has 2 aliphatic rings. The van der Waals surface area contributed by atoms with Crippen molar-refractivity contribution >= 4 is 5.91 Å². The molecule has 1 saturated carbocycles. The van der Waals surface area contributed by atoms with Gasteiger partial charge in [0.25, 0.3) is 0 Å². The van der Waals surface area contributed by atoms with Crippen LogP contribution in [0.1, 0.15) is 30.9 Å². The van der Waals surface area contributed by atoms with Gasteiger partial charge in [0.2, 0.25) is 5.91 Å². The molecule has 2 fully saturated rings. The number of nitrogens with zero attached hydrogens (tertiary/aromatic N) is 1. The van der Waals surface area contributed by atoms with Crippen LogP contribution in [0.25, 0.3) is 0 Å². The van der Waals surface area contributed by atoms with E-state index in [0.717, 1.165) is 18.9 Å². The van der Waals surface area contributed by atoms with E-state index < -0.39 is 17.3 Å². The fraction of sp³-hybridized carbons (Fsp3) is 0.588. The van der Waals surface area contributed by atoms with Crippen LogP contribution in [-0.4, -0.2) is 34.6 Å². The van der Waals surface area contributed by atoms with Gasteiger partial charge in [-0.05, 0) is 30.4 Å².